The quantitative estimate of drug-likeness (QED) is 0.452. The van der Waals surface area contributed by atoms with E-state index >= 15 is 0 Å². The minimum Gasteiger partial charge on any atom is -0.484 e. The molecule has 37 heavy (non-hydrogen) atoms. The van der Waals surface area contributed by atoms with E-state index in [1.165, 1.54) is 5.56 Å². The van der Waals surface area contributed by atoms with Gasteiger partial charge in [0.15, 0.2) is 6.61 Å². The molecule has 1 aliphatic heterocycles. The molecule has 1 saturated heterocycles. The van der Waals surface area contributed by atoms with Crippen molar-refractivity contribution in [3.8, 4) is 5.75 Å². The summed E-state index contributed by atoms with van der Waals surface area (Å²) in [5.41, 5.74) is 5.81. The molecule has 0 saturated carbocycles. The molecule has 0 bridgehead atoms. The number of para-hydroxylation sites is 1. The van der Waals surface area contributed by atoms with Crippen molar-refractivity contribution in [3.63, 3.8) is 0 Å². The number of nitrogens with zero attached hydrogens (tertiary/aromatic N) is 1. The molecule has 7 heteroatoms. The van der Waals surface area contributed by atoms with E-state index in [4.69, 9.17) is 4.74 Å². The molecule has 3 aromatic rings. The Kier molecular flexibility index (Phi) is 8.23. The summed E-state index contributed by atoms with van der Waals surface area (Å²) in [5, 5.41) is 5.89. The number of hydrogen-bond acceptors (Lipinski definition) is 4. The summed E-state index contributed by atoms with van der Waals surface area (Å²) < 4.78 is 5.66. The third kappa shape index (κ3) is 6.55. The average Bonchev–Trinajstić information content (AvgIpc) is 3.30. The van der Waals surface area contributed by atoms with Crippen LogP contribution in [0.2, 0.25) is 0 Å². The lowest BCUT2D eigenvalue weighted by molar-refractivity contribution is -0.126. The maximum atomic E-state index is 12.7. The Morgan fingerprint density at radius 1 is 1.00 bits per heavy atom. The van der Waals surface area contributed by atoms with E-state index in [0.29, 0.717) is 24.5 Å². The van der Waals surface area contributed by atoms with Crippen LogP contribution in [0, 0.1) is 19.8 Å². The molecule has 4 rings (SSSR count). The molecule has 3 aromatic carbocycles. The summed E-state index contributed by atoms with van der Waals surface area (Å²) in [6.45, 7) is 6.68. The van der Waals surface area contributed by atoms with Crippen LogP contribution in [0.4, 0.5) is 11.4 Å². The second-order valence-electron chi connectivity index (χ2n) is 9.40. The SMILES string of the molecule is CCc1cccc(C)c1NC(=O)COc1ccc(N2C[C@H](C(=O)NCc3ccc(C)cc3)CC2=O)cc1. The van der Waals surface area contributed by atoms with Gasteiger partial charge in [-0.1, -0.05) is 55.0 Å². The molecule has 1 atom stereocenters. The number of carbonyl (C=O) groups excluding carboxylic acids is 3. The van der Waals surface area contributed by atoms with Crippen LogP contribution in [-0.2, 0) is 27.3 Å². The molecule has 0 unspecified atom stereocenters. The van der Waals surface area contributed by atoms with E-state index in [1.807, 2.05) is 63.2 Å². The van der Waals surface area contributed by atoms with E-state index in [9.17, 15) is 14.4 Å². The number of nitrogens with one attached hydrogen (secondary N) is 2. The number of rotatable bonds is 9. The van der Waals surface area contributed by atoms with Gasteiger partial charge in [0.25, 0.3) is 5.91 Å². The molecular weight excluding hydrogens is 466 g/mol. The summed E-state index contributed by atoms with van der Waals surface area (Å²) in [5.74, 6) is -0.316. The van der Waals surface area contributed by atoms with Crippen LogP contribution in [0.5, 0.6) is 5.75 Å². The molecule has 0 spiro atoms. The molecule has 2 N–H and O–H groups in total. The van der Waals surface area contributed by atoms with E-state index in [1.54, 1.807) is 29.2 Å². The number of anilines is 2. The Hall–Kier alpha value is -4.13. The fourth-order valence-corrected chi connectivity index (χ4v) is 4.42. The lowest BCUT2D eigenvalue weighted by atomic mass is 10.1. The van der Waals surface area contributed by atoms with Gasteiger partial charge in [0, 0.05) is 30.9 Å². The zero-order valence-electron chi connectivity index (χ0n) is 21.5. The predicted octanol–water partition coefficient (Wildman–Crippen LogP) is 4.55. The highest BCUT2D eigenvalue weighted by atomic mass is 16.5. The third-order valence-corrected chi connectivity index (χ3v) is 6.61. The van der Waals surface area contributed by atoms with Gasteiger partial charge in [-0.15, -0.1) is 0 Å². The number of aryl methyl sites for hydroxylation is 3. The van der Waals surface area contributed by atoms with Crippen LogP contribution >= 0.6 is 0 Å². The minimum absolute atomic E-state index is 0.0894. The van der Waals surface area contributed by atoms with Gasteiger partial charge in [-0.25, -0.2) is 0 Å². The van der Waals surface area contributed by atoms with Crippen LogP contribution < -0.4 is 20.3 Å². The first-order chi connectivity index (χ1) is 17.8. The molecular formula is C30H33N3O4. The van der Waals surface area contributed by atoms with Gasteiger partial charge in [0.05, 0.1) is 5.92 Å². The zero-order chi connectivity index (χ0) is 26.4. The Balaban J connectivity index is 1.28. The third-order valence-electron chi connectivity index (χ3n) is 6.61. The Bertz CT molecular complexity index is 1270. The first-order valence-electron chi connectivity index (χ1n) is 12.6. The first kappa shape index (κ1) is 25.9. The van der Waals surface area contributed by atoms with Gasteiger partial charge in [-0.2, -0.15) is 0 Å². The lowest BCUT2D eigenvalue weighted by Gasteiger charge is -2.17. The minimum atomic E-state index is -0.396. The van der Waals surface area contributed by atoms with E-state index in [-0.39, 0.29) is 30.7 Å². The smallest absolute Gasteiger partial charge is 0.262 e. The number of benzene rings is 3. The lowest BCUT2D eigenvalue weighted by Crippen LogP contribution is -2.32. The second-order valence-corrected chi connectivity index (χ2v) is 9.40. The second kappa shape index (κ2) is 11.7. The van der Waals surface area contributed by atoms with Gasteiger partial charge in [0.2, 0.25) is 11.8 Å². The fourth-order valence-electron chi connectivity index (χ4n) is 4.42. The normalized spacial score (nSPS) is 14.9. The van der Waals surface area contributed by atoms with Gasteiger partial charge in [-0.3, -0.25) is 14.4 Å². The van der Waals surface area contributed by atoms with Crippen molar-refractivity contribution in [1.82, 2.24) is 5.32 Å². The highest BCUT2D eigenvalue weighted by molar-refractivity contribution is 6.00. The largest absolute Gasteiger partial charge is 0.484 e. The summed E-state index contributed by atoms with van der Waals surface area (Å²) in [6.07, 6.45) is 1.00. The maximum Gasteiger partial charge on any atom is 0.262 e. The van der Waals surface area contributed by atoms with E-state index < -0.39 is 5.92 Å². The van der Waals surface area contributed by atoms with Crippen LogP contribution in [0.3, 0.4) is 0 Å². The topological polar surface area (TPSA) is 87.7 Å². The highest BCUT2D eigenvalue weighted by Gasteiger charge is 2.35. The molecule has 1 heterocycles. The van der Waals surface area contributed by atoms with Crippen molar-refractivity contribution in [2.75, 3.05) is 23.4 Å². The number of carbonyl (C=O) groups is 3. The molecule has 1 aliphatic rings. The van der Waals surface area contributed by atoms with Crippen molar-refractivity contribution in [3.05, 3.63) is 89.0 Å². The maximum absolute atomic E-state index is 12.7. The zero-order valence-corrected chi connectivity index (χ0v) is 21.5. The predicted molar refractivity (Wildman–Crippen MR) is 145 cm³/mol. The number of hydrogen-bond donors (Lipinski definition) is 2. The van der Waals surface area contributed by atoms with Crippen molar-refractivity contribution < 1.29 is 19.1 Å². The Morgan fingerprint density at radius 2 is 1.73 bits per heavy atom. The van der Waals surface area contributed by atoms with Crippen LogP contribution in [0.15, 0.2) is 66.7 Å². The van der Waals surface area contributed by atoms with Gasteiger partial charge in [0.1, 0.15) is 5.75 Å². The van der Waals surface area contributed by atoms with Crippen molar-refractivity contribution in [2.45, 2.75) is 40.2 Å². The number of amides is 3. The van der Waals surface area contributed by atoms with Gasteiger partial charge >= 0.3 is 0 Å². The molecule has 1 fully saturated rings. The van der Waals surface area contributed by atoms with Crippen LogP contribution in [0.25, 0.3) is 0 Å². The first-order valence-corrected chi connectivity index (χ1v) is 12.6. The summed E-state index contributed by atoms with van der Waals surface area (Å²) in [4.78, 5) is 39.4. The fraction of sp³-hybridized carbons (Fsp3) is 0.300. The van der Waals surface area contributed by atoms with Crippen molar-refractivity contribution >= 4 is 29.1 Å². The van der Waals surface area contributed by atoms with Gasteiger partial charge < -0.3 is 20.3 Å². The van der Waals surface area contributed by atoms with Crippen molar-refractivity contribution in [1.29, 1.82) is 0 Å². The summed E-state index contributed by atoms with van der Waals surface area (Å²) in [6, 6.07) is 20.9. The van der Waals surface area contributed by atoms with E-state index in [2.05, 4.69) is 10.6 Å². The Labute approximate surface area is 217 Å². The molecule has 0 aliphatic carbocycles. The summed E-state index contributed by atoms with van der Waals surface area (Å²) >= 11 is 0. The standard InChI is InChI=1S/C30H33N3O4/c1-4-23-7-5-6-21(3)29(23)32-27(34)19-37-26-14-12-25(13-15-26)33-18-24(16-28(33)35)30(36)31-17-22-10-8-20(2)9-11-22/h5-15,24H,4,16-19H2,1-3H3,(H,31,36)(H,32,34)/t24-/m1/s1. The summed E-state index contributed by atoms with van der Waals surface area (Å²) in [7, 11) is 0. The molecule has 0 aromatic heterocycles. The van der Waals surface area contributed by atoms with E-state index in [0.717, 1.165) is 28.8 Å². The van der Waals surface area contributed by atoms with Crippen LogP contribution in [-0.4, -0.2) is 30.9 Å². The molecule has 3 amide bonds. The van der Waals surface area contributed by atoms with Crippen LogP contribution in [0.1, 0.15) is 35.6 Å². The highest BCUT2D eigenvalue weighted by Crippen LogP contribution is 2.27. The molecule has 192 valence electrons. The van der Waals surface area contributed by atoms with Crippen molar-refractivity contribution in [2.24, 2.45) is 5.92 Å². The Morgan fingerprint density at radius 3 is 2.43 bits per heavy atom. The van der Waals surface area contributed by atoms with Gasteiger partial charge in [-0.05, 0) is 61.2 Å². The molecule has 0 radical (unpaired) electrons. The average molecular weight is 500 g/mol. The molecule has 7 nitrogen and oxygen atoms in total. The number of ether oxygens (including phenoxy) is 1. The monoisotopic (exact) mass is 499 g/mol.